The van der Waals surface area contributed by atoms with Gasteiger partial charge in [0.05, 0.1) is 13.0 Å². The van der Waals surface area contributed by atoms with Crippen LogP contribution in [0.2, 0.25) is 0 Å². The van der Waals surface area contributed by atoms with Gasteiger partial charge < -0.3 is 9.47 Å². The highest BCUT2D eigenvalue weighted by Crippen LogP contribution is 2.55. The zero-order valence-electron chi connectivity index (χ0n) is 26.5. The minimum atomic E-state index is -6.49. The minimum absolute atomic E-state index is 0.0627. The molecule has 1 atom stereocenters. The van der Waals surface area contributed by atoms with Gasteiger partial charge in [-0.05, 0) is 55.0 Å². The number of alkyl halides is 11. The van der Waals surface area contributed by atoms with Gasteiger partial charge in [0, 0.05) is 35.1 Å². The smallest absolute Gasteiger partial charge is 0.462 e. The van der Waals surface area contributed by atoms with Gasteiger partial charge in [-0.15, -0.1) is 24.9 Å². The third-order valence-electron chi connectivity index (χ3n) is 7.56. The molecule has 1 unspecified atom stereocenters. The number of hydrogen-bond acceptors (Lipinski definition) is 4. The van der Waals surface area contributed by atoms with Crippen LogP contribution in [0.25, 0.3) is 6.08 Å². The molecule has 0 N–H and O–H groups in total. The number of halogens is 11. The van der Waals surface area contributed by atoms with Crippen molar-refractivity contribution in [1.29, 1.82) is 0 Å². The van der Waals surface area contributed by atoms with Crippen LogP contribution in [0, 0.1) is 12.8 Å². The molecule has 0 spiro atoms. The first-order valence-corrected chi connectivity index (χ1v) is 16.0. The Morgan fingerprint density at radius 3 is 2.17 bits per heavy atom. The second kappa shape index (κ2) is 16.6. The van der Waals surface area contributed by atoms with Gasteiger partial charge in [0.25, 0.3) is 0 Å². The molecular weight excluding hydrogens is 685 g/mol. The molecule has 0 radical (unpaired) electrons. The summed E-state index contributed by atoms with van der Waals surface area (Å²) < 4.78 is 161. The van der Waals surface area contributed by atoms with Crippen molar-refractivity contribution in [3.63, 3.8) is 0 Å². The van der Waals surface area contributed by atoms with Crippen molar-refractivity contribution >= 4 is 23.8 Å². The average Bonchev–Trinajstić information content (AvgIpc) is 2.97. The Morgan fingerprint density at radius 2 is 1.60 bits per heavy atom. The number of thioether (sulfide) groups is 1. The molecule has 2 rings (SSSR count). The molecule has 15 heteroatoms. The van der Waals surface area contributed by atoms with Crippen LogP contribution < -0.4 is 0 Å². The molecule has 0 aromatic heterocycles. The van der Waals surface area contributed by atoms with Crippen LogP contribution in [0.15, 0.2) is 64.8 Å². The van der Waals surface area contributed by atoms with E-state index in [0.717, 1.165) is 19.3 Å². The summed E-state index contributed by atoms with van der Waals surface area (Å²) in [5, 5.41) is 0. The zero-order valence-corrected chi connectivity index (χ0v) is 27.3. The van der Waals surface area contributed by atoms with Gasteiger partial charge in [-0.1, -0.05) is 57.1 Å². The molecule has 0 fully saturated rings. The maximum Gasteiger partial charge on any atom is 0.572 e. The normalized spacial score (nSPS) is 16.7. The quantitative estimate of drug-likeness (QED) is 0.0497. The highest BCUT2D eigenvalue weighted by atomic mass is 32.2. The van der Waals surface area contributed by atoms with E-state index >= 15 is 0 Å². The molecule has 0 aliphatic heterocycles. The zero-order chi connectivity index (χ0) is 36.6. The summed E-state index contributed by atoms with van der Waals surface area (Å²) in [6.45, 7) is 6.70. The lowest BCUT2D eigenvalue weighted by Crippen LogP contribution is -2.62. The summed E-state index contributed by atoms with van der Waals surface area (Å²) in [6.07, 6.45) is 0.148. The summed E-state index contributed by atoms with van der Waals surface area (Å²) >= 11 is 0.587. The second-order valence-corrected chi connectivity index (χ2v) is 12.5. The van der Waals surface area contributed by atoms with Crippen molar-refractivity contribution in [1.82, 2.24) is 0 Å². The number of carbonyl (C=O) groups excluding carboxylic acids is 1. The fourth-order valence-corrected chi connectivity index (χ4v) is 5.82. The number of rotatable bonds is 18. The van der Waals surface area contributed by atoms with Crippen LogP contribution in [0.5, 0.6) is 0 Å². The molecule has 1 aromatic rings. The number of allylic oxidation sites excluding steroid dienone is 5. The van der Waals surface area contributed by atoms with E-state index in [9.17, 15) is 53.1 Å². The maximum atomic E-state index is 14.4. The largest absolute Gasteiger partial charge is 0.572 e. The third-order valence-corrected chi connectivity index (χ3v) is 8.56. The fraction of sp³-hybridized carbons (Fsp3) is 0.545. The Bertz CT molecular complexity index is 1360. The molecule has 270 valence electrons. The molecular formula is C33H37F11O3S. The van der Waals surface area contributed by atoms with Crippen LogP contribution in [-0.2, 0) is 14.3 Å². The lowest BCUT2D eigenvalue weighted by molar-refractivity contribution is -0.367. The Labute approximate surface area is 276 Å². The Morgan fingerprint density at radius 1 is 0.979 bits per heavy atom. The Kier molecular flexibility index (Phi) is 14.3. The van der Waals surface area contributed by atoms with Crippen LogP contribution >= 0.6 is 11.8 Å². The average molecular weight is 723 g/mol. The topological polar surface area (TPSA) is 35.5 Å². The summed E-state index contributed by atoms with van der Waals surface area (Å²) in [7, 11) is 0. The molecule has 1 aliphatic carbocycles. The molecule has 0 heterocycles. The van der Waals surface area contributed by atoms with E-state index in [1.807, 2.05) is 13.0 Å². The number of benzene rings is 1. The van der Waals surface area contributed by atoms with Crippen molar-refractivity contribution in [2.75, 3.05) is 12.4 Å². The van der Waals surface area contributed by atoms with E-state index in [2.05, 4.69) is 16.1 Å². The number of aryl methyl sites for hydroxylation is 1. The number of ether oxygens (including phenoxy) is 2. The lowest BCUT2D eigenvalue weighted by Gasteiger charge is -2.36. The van der Waals surface area contributed by atoms with Gasteiger partial charge in [-0.25, -0.2) is 4.79 Å². The van der Waals surface area contributed by atoms with Crippen LogP contribution in [0.3, 0.4) is 0 Å². The van der Waals surface area contributed by atoms with Crippen molar-refractivity contribution < 1.29 is 62.6 Å². The fourth-order valence-electron chi connectivity index (χ4n) is 4.80. The van der Waals surface area contributed by atoms with E-state index in [1.54, 1.807) is 26.0 Å². The first kappa shape index (κ1) is 41.2. The Balaban J connectivity index is 2.15. The van der Waals surface area contributed by atoms with Gasteiger partial charge in [-0.3, -0.25) is 0 Å². The highest BCUT2D eigenvalue weighted by molar-refractivity contribution is 7.99. The van der Waals surface area contributed by atoms with Crippen molar-refractivity contribution in [3.05, 3.63) is 71.0 Å². The van der Waals surface area contributed by atoms with E-state index in [1.165, 1.54) is 18.2 Å². The van der Waals surface area contributed by atoms with E-state index in [-0.39, 0.29) is 28.6 Å². The SMILES string of the molecule is C=CC(=O)OCCC(F)(F)C(F)(F)C(F)(F)C(F)(F)CCSc1ccc(/C=C(\C)C2=C(OC(F)(F)F)CC(CCCCC)C=C2)c(C)c1. The predicted molar refractivity (Wildman–Crippen MR) is 161 cm³/mol. The third kappa shape index (κ3) is 10.8. The van der Waals surface area contributed by atoms with Crippen molar-refractivity contribution in [3.8, 4) is 0 Å². The number of esters is 1. The van der Waals surface area contributed by atoms with Crippen molar-refractivity contribution in [2.45, 2.75) is 101 Å². The summed E-state index contributed by atoms with van der Waals surface area (Å²) in [4.78, 5) is 11.2. The first-order valence-electron chi connectivity index (χ1n) is 15.0. The van der Waals surface area contributed by atoms with Gasteiger partial charge >= 0.3 is 36.0 Å². The molecule has 0 bridgehead atoms. The van der Waals surface area contributed by atoms with Gasteiger partial charge in [0.1, 0.15) is 5.76 Å². The predicted octanol–water partition coefficient (Wildman–Crippen LogP) is 11.5. The standard InChI is InChI=1S/C33H37F11O3S/c1-5-7-8-9-23-10-13-26(27(20-23)47-33(42,43)44)22(4)18-24-11-12-25(19-21(24)3)48-17-15-30(36,37)32(40,41)31(38,39)29(34,35)14-16-46-28(45)6-2/h6,10-13,18-19,23H,2,5,7-9,14-17,20H2,1,3-4H3/b22-18+. The molecule has 48 heavy (non-hydrogen) atoms. The Hall–Kier alpha value is -2.97. The van der Waals surface area contributed by atoms with Gasteiger partial charge in [0.2, 0.25) is 0 Å². The van der Waals surface area contributed by atoms with Crippen LogP contribution in [0.1, 0.15) is 69.9 Å². The van der Waals surface area contributed by atoms with Crippen LogP contribution in [-0.4, -0.2) is 48.4 Å². The molecule has 3 nitrogen and oxygen atoms in total. The maximum absolute atomic E-state index is 14.4. The van der Waals surface area contributed by atoms with Gasteiger partial charge in [-0.2, -0.15) is 35.1 Å². The highest BCUT2D eigenvalue weighted by Gasteiger charge is 2.79. The summed E-state index contributed by atoms with van der Waals surface area (Å²) in [5.74, 6) is -26.6. The molecule has 0 saturated heterocycles. The summed E-state index contributed by atoms with van der Waals surface area (Å²) in [6, 6.07) is 4.38. The summed E-state index contributed by atoms with van der Waals surface area (Å²) in [5.41, 5.74) is 1.75. The number of hydrogen-bond donors (Lipinski definition) is 0. The molecule has 0 amide bonds. The number of unbranched alkanes of at least 4 members (excludes halogenated alkanes) is 2. The van der Waals surface area contributed by atoms with Crippen molar-refractivity contribution in [2.24, 2.45) is 5.92 Å². The lowest BCUT2D eigenvalue weighted by atomic mass is 9.88. The van der Waals surface area contributed by atoms with E-state index < -0.39 is 61.2 Å². The van der Waals surface area contributed by atoms with Crippen LogP contribution in [0.4, 0.5) is 48.3 Å². The minimum Gasteiger partial charge on any atom is -0.462 e. The molecule has 1 aromatic carbocycles. The molecule has 1 aliphatic rings. The van der Waals surface area contributed by atoms with E-state index in [0.29, 0.717) is 41.0 Å². The van der Waals surface area contributed by atoms with Gasteiger partial charge in [0.15, 0.2) is 0 Å². The second-order valence-electron chi connectivity index (χ2n) is 11.3. The first-order chi connectivity index (χ1) is 22.1. The molecule has 0 saturated carbocycles. The monoisotopic (exact) mass is 722 g/mol. The van der Waals surface area contributed by atoms with E-state index in [4.69, 9.17) is 0 Å². The number of carbonyl (C=O) groups is 1.